The Morgan fingerprint density at radius 2 is 1.57 bits per heavy atom. The molecular formula is C21H19ClN3O2S+. The summed E-state index contributed by atoms with van der Waals surface area (Å²) in [7, 11) is -0.268. The molecule has 0 saturated carbocycles. The first kappa shape index (κ1) is 18.5. The van der Waals surface area contributed by atoms with Crippen LogP contribution in [0.2, 0.25) is 5.02 Å². The summed E-state index contributed by atoms with van der Waals surface area (Å²) in [6.45, 7) is 0. The molecule has 0 aliphatic rings. The number of rotatable bonds is 4. The number of pyridine rings is 1. The lowest BCUT2D eigenvalue weighted by Crippen LogP contribution is -2.35. The van der Waals surface area contributed by atoms with Gasteiger partial charge in [-0.1, -0.05) is 48.0 Å². The first-order valence-corrected chi connectivity index (χ1v) is 10.5. The van der Waals surface area contributed by atoms with Crippen LogP contribution in [0.1, 0.15) is 0 Å². The number of nitrogens with zero attached hydrogens (tertiary/aromatic N) is 3. The van der Waals surface area contributed by atoms with Crippen molar-refractivity contribution in [2.45, 2.75) is 4.90 Å². The number of hydrogen-bond acceptors (Lipinski definition) is 2. The smallest absolute Gasteiger partial charge is 0.256 e. The molecule has 0 aliphatic carbocycles. The molecule has 0 N–H and O–H groups in total. The van der Waals surface area contributed by atoms with Gasteiger partial charge in [-0.2, -0.15) is 12.7 Å². The van der Waals surface area contributed by atoms with E-state index in [0.29, 0.717) is 10.8 Å². The second kappa shape index (κ2) is 6.96. The van der Waals surface area contributed by atoms with Gasteiger partial charge in [-0.25, -0.2) is 4.40 Å². The third kappa shape index (κ3) is 2.95. The molecule has 7 heteroatoms. The van der Waals surface area contributed by atoms with Crippen LogP contribution in [0.5, 0.6) is 0 Å². The van der Waals surface area contributed by atoms with Crippen molar-refractivity contribution in [3.8, 4) is 11.3 Å². The molecule has 28 heavy (non-hydrogen) atoms. The molecule has 0 unspecified atom stereocenters. The highest BCUT2D eigenvalue weighted by atomic mass is 35.5. The van der Waals surface area contributed by atoms with Gasteiger partial charge in [0.15, 0.2) is 5.69 Å². The van der Waals surface area contributed by atoms with Crippen molar-refractivity contribution < 1.29 is 12.8 Å². The average Bonchev–Trinajstić information content (AvgIpc) is 3.01. The molecule has 0 saturated heterocycles. The minimum Gasteiger partial charge on any atom is -0.256 e. The van der Waals surface area contributed by atoms with Crippen molar-refractivity contribution in [3.05, 3.63) is 84.0 Å². The molecule has 0 amide bonds. The van der Waals surface area contributed by atoms with Gasteiger partial charge >= 0.3 is 10.0 Å². The Balaban J connectivity index is 1.99. The van der Waals surface area contributed by atoms with E-state index >= 15 is 0 Å². The number of sulfonamides is 1. The van der Waals surface area contributed by atoms with E-state index in [4.69, 9.17) is 11.6 Å². The van der Waals surface area contributed by atoms with Crippen molar-refractivity contribution in [1.29, 1.82) is 0 Å². The highest BCUT2D eigenvalue weighted by molar-refractivity contribution is 7.92. The van der Waals surface area contributed by atoms with Gasteiger partial charge in [0.1, 0.15) is 4.90 Å². The Kier molecular flexibility index (Phi) is 4.61. The number of benzene rings is 2. The fourth-order valence-electron chi connectivity index (χ4n) is 3.36. The van der Waals surface area contributed by atoms with Crippen molar-refractivity contribution in [3.63, 3.8) is 0 Å². The van der Waals surface area contributed by atoms with Crippen molar-refractivity contribution in [1.82, 2.24) is 4.57 Å². The largest absolute Gasteiger partial charge is 0.308 e. The Labute approximate surface area is 169 Å². The second-order valence-electron chi connectivity index (χ2n) is 6.45. The van der Waals surface area contributed by atoms with Crippen LogP contribution in [-0.2, 0) is 17.1 Å². The third-order valence-electron chi connectivity index (χ3n) is 4.77. The van der Waals surface area contributed by atoms with Crippen LogP contribution in [0.15, 0.2) is 83.9 Å². The lowest BCUT2D eigenvalue weighted by molar-refractivity contribution is -0.496. The zero-order valence-corrected chi connectivity index (χ0v) is 17.0. The molecule has 2 aromatic heterocycles. The Hall–Kier alpha value is -2.83. The molecule has 4 aromatic rings. The quantitative estimate of drug-likeness (QED) is 0.477. The van der Waals surface area contributed by atoms with Crippen LogP contribution in [0.4, 0.5) is 5.82 Å². The zero-order chi connectivity index (χ0) is 19.9. The average molecular weight is 413 g/mol. The highest BCUT2D eigenvalue weighted by Crippen LogP contribution is 2.32. The monoisotopic (exact) mass is 412 g/mol. The number of hydrogen-bond donors (Lipinski definition) is 0. The van der Waals surface area contributed by atoms with Crippen molar-refractivity contribution >= 4 is 33.1 Å². The molecule has 2 heterocycles. The molecule has 0 fully saturated rings. The summed E-state index contributed by atoms with van der Waals surface area (Å²) in [6.07, 6.45) is 1.87. The Bertz CT molecular complexity index is 1250. The van der Waals surface area contributed by atoms with Gasteiger partial charge in [-0.3, -0.25) is 4.57 Å². The Morgan fingerprint density at radius 3 is 2.25 bits per heavy atom. The van der Waals surface area contributed by atoms with E-state index in [1.165, 1.54) is 16.4 Å². The molecule has 0 bridgehead atoms. The summed E-state index contributed by atoms with van der Waals surface area (Å²) in [4.78, 5) is 0.187. The van der Waals surface area contributed by atoms with Gasteiger partial charge in [0, 0.05) is 16.7 Å². The maximum Gasteiger partial charge on any atom is 0.308 e. The van der Waals surface area contributed by atoms with Gasteiger partial charge in [-0.05, 0) is 30.3 Å². The molecule has 5 nitrogen and oxygen atoms in total. The number of aryl methyl sites for hydroxylation is 1. The van der Waals surface area contributed by atoms with E-state index in [0.717, 1.165) is 16.9 Å². The molecule has 0 aliphatic heterocycles. The first-order valence-electron chi connectivity index (χ1n) is 8.70. The summed E-state index contributed by atoms with van der Waals surface area (Å²) in [5.41, 5.74) is 2.63. The van der Waals surface area contributed by atoms with Crippen LogP contribution in [0, 0.1) is 0 Å². The summed E-state index contributed by atoms with van der Waals surface area (Å²) < 4.78 is 31.9. The maximum atomic E-state index is 13.3. The number of halogens is 1. The van der Waals surface area contributed by atoms with Crippen LogP contribution >= 0.6 is 11.6 Å². The lowest BCUT2D eigenvalue weighted by atomic mass is 10.1. The molecular weight excluding hydrogens is 394 g/mol. The summed E-state index contributed by atoms with van der Waals surface area (Å²) >= 11 is 5.93. The van der Waals surface area contributed by atoms with Gasteiger partial charge in [0.2, 0.25) is 5.65 Å². The van der Waals surface area contributed by atoms with Crippen molar-refractivity contribution in [2.24, 2.45) is 7.05 Å². The molecule has 142 valence electrons. The van der Waals surface area contributed by atoms with Crippen LogP contribution < -0.4 is 8.71 Å². The molecule has 4 rings (SSSR count). The highest BCUT2D eigenvalue weighted by Gasteiger charge is 2.34. The predicted molar refractivity (Wildman–Crippen MR) is 111 cm³/mol. The zero-order valence-electron chi connectivity index (χ0n) is 15.4. The first-order chi connectivity index (χ1) is 13.4. The summed E-state index contributed by atoms with van der Waals surface area (Å²) in [6, 6.07) is 21.7. The van der Waals surface area contributed by atoms with E-state index in [2.05, 4.69) is 0 Å². The van der Waals surface area contributed by atoms with Crippen LogP contribution in [-0.4, -0.2) is 20.0 Å². The van der Waals surface area contributed by atoms with Gasteiger partial charge < -0.3 is 0 Å². The third-order valence-corrected chi connectivity index (χ3v) is 6.79. The van der Waals surface area contributed by atoms with Gasteiger partial charge in [0.25, 0.3) is 5.82 Å². The van der Waals surface area contributed by atoms with Crippen LogP contribution in [0.25, 0.3) is 16.9 Å². The van der Waals surface area contributed by atoms with E-state index < -0.39 is 10.0 Å². The van der Waals surface area contributed by atoms with E-state index in [1.807, 2.05) is 70.7 Å². The van der Waals surface area contributed by atoms with E-state index in [-0.39, 0.29) is 4.90 Å². The lowest BCUT2D eigenvalue weighted by Gasteiger charge is -2.15. The number of aromatic nitrogens is 2. The second-order valence-corrected chi connectivity index (χ2v) is 8.86. The summed E-state index contributed by atoms with van der Waals surface area (Å²) in [5.74, 6) is 0.569. The van der Waals surface area contributed by atoms with E-state index in [1.54, 1.807) is 19.2 Å². The number of fused-ring (bicyclic) bond motifs is 1. The molecule has 0 radical (unpaired) electrons. The van der Waals surface area contributed by atoms with E-state index in [9.17, 15) is 8.42 Å². The van der Waals surface area contributed by atoms with Crippen LogP contribution in [0.3, 0.4) is 0 Å². The summed E-state index contributed by atoms with van der Waals surface area (Å²) in [5, 5.41) is 0.492. The SMILES string of the molecule is CN(c1c(-c2ccccc2)n(C)c2cccc[n+]12)S(=O)(=O)c1ccc(Cl)cc1. The Morgan fingerprint density at radius 1 is 0.929 bits per heavy atom. The predicted octanol–water partition coefficient (Wildman–Crippen LogP) is 3.91. The molecule has 0 atom stereocenters. The van der Waals surface area contributed by atoms with Gasteiger partial charge in [-0.15, -0.1) is 0 Å². The minimum atomic E-state index is -3.78. The topological polar surface area (TPSA) is 46.4 Å². The molecule has 2 aromatic carbocycles. The maximum absolute atomic E-state index is 13.3. The standard InChI is InChI=1S/C21H19ClN3O2S/c1-23-19-10-6-7-15-25(19)21(20(23)16-8-4-3-5-9-16)24(2)28(26,27)18-13-11-17(22)12-14-18/h3-15H,1-2H3/q+1. The van der Waals surface area contributed by atoms with Gasteiger partial charge in [0.05, 0.1) is 20.3 Å². The van der Waals surface area contributed by atoms with Crippen molar-refractivity contribution in [2.75, 3.05) is 11.4 Å². The fourth-order valence-corrected chi connectivity index (χ4v) is 4.69. The minimum absolute atomic E-state index is 0.187. The number of imidazole rings is 1. The molecule has 0 spiro atoms. The number of anilines is 1. The normalized spacial score (nSPS) is 11.7. The fraction of sp³-hybridized carbons (Fsp3) is 0.0952.